The van der Waals surface area contributed by atoms with Crippen molar-refractivity contribution in [3.63, 3.8) is 0 Å². The largest absolute Gasteiger partial charge is 0.462 e. The smallest absolute Gasteiger partial charge is 0.416 e. The van der Waals surface area contributed by atoms with Gasteiger partial charge in [0.15, 0.2) is 10.8 Å². The van der Waals surface area contributed by atoms with Crippen molar-refractivity contribution in [1.82, 2.24) is 4.98 Å². The number of carbonyl (C=O) groups excluding carboxylic acids is 1. The minimum absolute atomic E-state index is 0.00821. The molecule has 0 saturated carbocycles. The molecule has 0 bridgehead atoms. The lowest BCUT2D eigenvalue weighted by molar-refractivity contribution is -0.143. The first-order valence-electron chi connectivity index (χ1n) is 7.60. The number of alkyl halides is 6. The third kappa shape index (κ3) is 4.71. The molecule has 0 aliphatic rings. The fraction of sp³-hybridized carbons (Fsp3) is 0.176. The van der Waals surface area contributed by atoms with Gasteiger partial charge in [0, 0.05) is 11.1 Å². The lowest BCUT2D eigenvalue weighted by atomic mass is 10.1. The number of hydrogen-bond acceptors (Lipinski definition) is 4. The van der Waals surface area contributed by atoms with E-state index in [1.165, 1.54) is 17.6 Å². The number of carbonyl (C=O) groups is 1. The van der Waals surface area contributed by atoms with E-state index in [1.54, 1.807) is 17.5 Å². The number of nitrogens with one attached hydrogen (secondary N) is 1. The second kappa shape index (κ2) is 7.30. The number of furan rings is 1. The minimum atomic E-state index is -4.99. The van der Waals surface area contributed by atoms with E-state index in [0.717, 1.165) is 0 Å². The molecule has 28 heavy (non-hydrogen) atoms. The summed E-state index contributed by atoms with van der Waals surface area (Å²) in [6.45, 7) is 0. The molecular formula is C17H10F6N2O2S. The molecule has 3 aromatic rings. The summed E-state index contributed by atoms with van der Waals surface area (Å²) >= 11 is 1.18. The van der Waals surface area contributed by atoms with E-state index in [9.17, 15) is 31.1 Å². The quantitative estimate of drug-likeness (QED) is 0.558. The van der Waals surface area contributed by atoms with E-state index in [1.807, 2.05) is 0 Å². The van der Waals surface area contributed by atoms with E-state index in [2.05, 4.69) is 10.3 Å². The van der Waals surface area contributed by atoms with Crippen molar-refractivity contribution in [2.75, 3.05) is 5.32 Å². The number of amides is 1. The van der Waals surface area contributed by atoms with Crippen molar-refractivity contribution in [2.24, 2.45) is 0 Å². The topological polar surface area (TPSA) is 55.1 Å². The molecule has 0 radical (unpaired) electrons. The van der Waals surface area contributed by atoms with Crippen LogP contribution in [0.4, 0.5) is 32.0 Å². The highest BCUT2D eigenvalue weighted by molar-refractivity contribution is 7.13. The van der Waals surface area contributed by atoms with Crippen LogP contribution in [-0.4, -0.2) is 10.9 Å². The number of thiazole rings is 1. The van der Waals surface area contributed by atoms with Crippen LogP contribution >= 0.6 is 11.3 Å². The summed E-state index contributed by atoms with van der Waals surface area (Å²) < 4.78 is 82.3. The van der Waals surface area contributed by atoms with Crippen LogP contribution in [0.2, 0.25) is 0 Å². The number of anilines is 1. The zero-order valence-corrected chi connectivity index (χ0v) is 14.5. The van der Waals surface area contributed by atoms with Gasteiger partial charge in [-0.1, -0.05) is 0 Å². The molecule has 148 valence electrons. The highest BCUT2D eigenvalue weighted by Crippen LogP contribution is 2.37. The molecule has 11 heteroatoms. The number of halogens is 6. The maximum absolute atomic E-state index is 12.9. The first kappa shape index (κ1) is 19.9. The number of nitrogens with zero attached hydrogens (tertiary/aromatic N) is 1. The van der Waals surface area contributed by atoms with Crippen molar-refractivity contribution in [1.29, 1.82) is 0 Å². The Balaban J connectivity index is 1.78. The van der Waals surface area contributed by atoms with Gasteiger partial charge >= 0.3 is 12.4 Å². The summed E-state index contributed by atoms with van der Waals surface area (Å²) in [4.78, 5) is 16.2. The highest BCUT2D eigenvalue weighted by atomic mass is 32.1. The van der Waals surface area contributed by atoms with Gasteiger partial charge in [0.25, 0.3) is 0 Å². The minimum Gasteiger partial charge on any atom is -0.462 e. The predicted molar refractivity (Wildman–Crippen MR) is 88.6 cm³/mol. The lowest BCUT2D eigenvalue weighted by Crippen LogP contribution is -2.17. The van der Waals surface area contributed by atoms with Crippen molar-refractivity contribution in [2.45, 2.75) is 18.8 Å². The Kier molecular flexibility index (Phi) is 5.20. The number of benzene rings is 1. The number of rotatable bonds is 4. The normalized spacial score (nSPS) is 12.2. The summed E-state index contributed by atoms with van der Waals surface area (Å²) in [6.07, 6.45) is -8.87. The van der Waals surface area contributed by atoms with Crippen molar-refractivity contribution < 1.29 is 35.6 Å². The van der Waals surface area contributed by atoms with E-state index in [-0.39, 0.29) is 12.5 Å². The van der Waals surface area contributed by atoms with Gasteiger partial charge in [0.05, 0.1) is 29.5 Å². The fourth-order valence-corrected chi connectivity index (χ4v) is 3.08. The summed E-state index contributed by atoms with van der Waals surface area (Å²) in [5, 5.41) is 4.10. The molecule has 0 aliphatic heterocycles. The second-order valence-corrected chi connectivity index (χ2v) is 6.50. The van der Waals surface area contributed by atoms with Crippen LogP contribution in [0.5, 0.6) is 0 Å². The molecule has 2 heterocycles. The van der Waals surface area contributed by atoms with Gasteiger partial charge in [-0.2, -0.15) is 26.3 Å². The Morgan fingerprint density at radius 1 is 1.07 bits per heavy atom. The van der Waals surface area contributed by atoms with Gasteiger partial charge < -0.3 is 9.73 Å². The molecule has 0 unspecified atom stereocenters. The molecule has 1 amide bonds. The second-order valence-electron chi connectivity index (χ2n) is 5.64. The zero-order chi connectivity index (χ0) is 20.5. The van der Waals surface area contributed by atoms with Crippen molar-refractivity contribution in [3.05, 3.63) is 58.8 Å². The number of aromatic nitrogens is 1. The Morgan fingerprint density at radius 2 is 1.71 bits per heavy atom. The Bertz CT molecular complexity index is 944. The Labute approximate surface area is 157 Å². The van der Waals surface area contributed by atoms with Gasteiger partial charge in [0.1, 0.15) is 0 Å². The van der Waals surface area contributed by atoms with Crippen LogP contribution in [0, 0.1) is 0 Å². The van der Waals surface area contributed by atoms with Gasteiger partial charge in [-0.05, 0) is 30.3 Å². The fourth-order valence-electron chi connectivity index (χ4n) is 2.30. The molecule has 0 fully saturated rings. The molecule has 0 saturated heterocycles. The summed E-state index contributed by atoms with van der Waals surface area (Å²) in [6, 6.07) is 4.19. The standard InChI is InChI=1S/C17H10F6N2O2S/c18-16(19,20)9-4-10(17(21,22)23)6-11(5-9)24-14(26)7-12-8-28-15(25-12)13-2-1-3-27-13/h1-6,8H,7H2,(H,24,26). The highest BCUT2D eigenvalue weighted by Gasteiger charge is 2.37. The summed E-state index contributed by atoms with van der Waals surface area (Å²) in [5.74, 6) is -0.326. The molecule has 4 nitrogen and oxygen atoms in total. The van der Waals surface area contributed by atoms with Crippen LogP contribution < -0.4 is 5.32 Å². The first-order chi connectivity index (χ1) is 13.0. The molecule has 0 atom stereocenters. The van der Waals surface area contributed by atoms with Gasteiger partial charge in [-0.3, -0.25) is 4.79 Å². The molecule has 1 N–H and O–H groups in total. The van der Waals surface area contributed by atoms with Crippen LogP contribution in [0.15, 0.2) is 46.4 Å². The van der Waals surface area contributed by atoms with Crippen molar-refractivity contribution >= 4 is 22.9 Å². The van der Waals surface area contributed by atoms with E-state index < -0.39 is 35.1 Å². The lowest BCUT2D eigenvalue weighted by Gasteiger charge is -2.14. The van der Waals surface area contributed by atoms with Gasteiger partial charge in [-0.15, -0.1) is 11.3 Å². The van der Waals surface area contributed by atoms with E-state index in [0.29, 0.717) is 28.6 Å². The Morgan fingerprint density at radius 3 is 2.25 bits per heavy atom. The molecule has 2 aromatic heterocycles. The molecule has 0 spiro atoms. The zero-order valence-electron chi connectivity index (χ0n) is 13.7. The van der Waals surface area contributed by atoms with Gasteiger partial charge in [-0.25, -0.2) is 4.98 Å². The average Bonchev–Trinajstić information content (AvgIpc) is 3.23. The molecular weight excluding hydrogens is 410 g/mol. The first-order valence-corrected chi connectivity index (χ1v) is 8.48. The monoisotopic (exact) mass is 420 g/mol. The Hall–Kier alpha value is -2.82. The molecule has 3 rings (SSSR count). The van der Waals surface area contributed by atoms with Crippen LogP contribution in [0.25, 0.3) is 10.8 Å². The average molecular weight is 420 g/mol. The van der Waals surface area contributed by atoms with E-state index >= 15 is 0 Å². The van der Waals surface area contributed by atoms with Crippen LogP contribution in [0.1, 0.15) is 16.8 Å². The summed E-state index contributed by atoms with van der Waals surface area (Å²) in [7, 11) is 0. The number of hydrogen-bond donors (Lipinski definition) is 1. The van der Waals surface area contributed by atoms with E-state index in [4.69, 9.17) is 4.42 Å². The predicted octanol–water partition coefficient (Wildman–Crippen LogP) is 5.62. The maximum atomic E-state index is 12.9. The molecule has 1 aromatic carbocycles. The third-order valence-electron chi connectivity index (χ3n) is 3.50. The SMILES string of the molecule is O=C(Cc1csc(-c2ccco2)n1)Nc1cc(C(F)(F)F)cc(C(F)(F)F)c1. The maximum Gasteiger partial charge on any atom is 0.416 e. The van der Waals surface area contributed by atoms with Crippen molar-refractivity contribution in [3.8, 4) is 10.8 Å². The van der Waals surface area contributed by atoms with Gasteiger partial charge in [0.2, 0.25) is 5.91 Å². The molecule has 0 aliphatic carbocycles. The summed E-state index contributed by atoms with van der Waals surface area (Å²) in [5.41, 5.74) is -3.32. The van der Waals surface area contributed by atoms with Crippen LogP contribution in [-0.2, 0) is 23.6 Å². The van der Waals surface area contributed by atoms with Crippen LogP contribution in [0.3, 0.4) is 0 Å². The third-order valence-corrected chi connectivity index (χ3v) is 4.40.